The van der Waals surface area contributed by atoms with Gasteiger partial charge >= 0.3 is 6.03 Å². The van der Waals surface area contributed by atoms with E-state index in [1.54, 1.807) is 28.0 Å². The molecule has 0 spiro atoms. The van der Waals surface area contributed by atoms with Gasteiger partial charge in [-0.05, 0) is 25.1 Å². The maximum atomic E-state index is 12.6. The summed E-state index contributed by atoms with van der Waals surface area (Å²) in [5.74, 6) is 0.354. The lowest BCUT2D eigenvalue weighted by Gasteiger charge is -2.34. The zero-order chi connectivity index (χ0) is 16.1. The van der Waals surface area contributed by atoms with Gasteiger partial charge in [0.05, 0.1) is 12.7 Å². The van der Waals surface area contributed by atoms with Gasteiger partial charge in [0.1, 0.15) is 5.75 Å². The van der Waals surface area contributed by atoms with E-state index in [4.69, 9.17) is 16.3 Å². The molecule has 2 rings (SSSR count). The van der Waals surface area contributed by atoms with Crippen LogP contribution in [0.5, 0.6) is 5.75 Å². The Morgan fingerprint density at radius 1 is 1.23 bits per heavy atom. The van der Waals surface area contributed by atoms with E-state index in [1.807, 2.05) is 6.92 Å². The van der Waals surface area contributed by atoms with Crippen molar-refractivity contribution in [3.05, 3.63) is 28.8 Å². The first-order chi connectivity index (χ1) is 10.6. The average molecular weight is 326 g/mol. The van der Waals surface area contributed by atoms with Gasteiger partial charge in [0.2, 0.25) is 0 Å². The average Bonchev–Trinajstić information content (AvgIpc) is 2.54. The molecule has 0 aliphatic carbocycles. The first kappa shape index (κ1) is 16.4. The van der Waals surface area contributed by atoms with Crippen LogP contribution in [0, 0.1) is 0 Å². The molecule has 1 aromatic rings. The van der Waals surface area contributed by atoms with E-state index in [0.717, 1.165) is 0 Å². The summed E-state index contributed by atoms with van der Waals surface area (Å²) in [5.41, 5.74) is 0.485. The first-order valence-corrected chi connectivity index (χ1v) is 7.60. The number of nitrogens with zero attached hydrogens (tertiary/aromatic N) is 2. The van der Waals surface area contributed by atoms with Crippen molar-refractivity contribution in [2.75, 3.05) is 39.8 Å². The maximum absolute atomic E-state index is 12.6. The molecule has 120 valence electrons. The highest BCUT2D eigenvalue weighted by atomic mass is 35.5. The number of hydrogen-bond acceptors (Lipinski definition) is 3. The van der Waals surface area contributed by atoms with E-state index >= 15 is 0 Å². The largest absolute Gasteiger partial charge is 0.496 e. The number of ether oxygens (including phenoxy) is 1. The molecule has 1 N–H and O–H groups in total. The van der Waals surface area contributed by atoms with Crippen molar-refractivity contribution >= 4 is 23.5 Å². The molecule has 1 saturated heterocycles. The van der Waals surface area contributed by atoms with Crippen LogP contribution in [0.3, 0.4) is 0 Å². The van der Waals surface area contributed by atoms with Gasteiger partial charge in [0.25, 0.3) is 5.91 Å². The summed E-state index contributed by atoms with van der Waals surface area (Å²) in [6.07, 6.45) is 0. The molecule has 0 radical (unpaired) electrons. The second-order valence-electron chi connectivity index (χ2n) is 4.96. The molecule has 0 aromatic heterocycles. The van der Waals surface area contributed by atoms with Crippen molar-refractivity contribution < 1.29 is 14.3 Å². The van der Waals surface area contributed by atoms with Gasteiger partial charge in [0.15, 0.2) is 0 Å². The molecule has 0 saturated carbocycles. The topological polar surface area (TPSA) is 61.9 Å². The Balaban J connectivity index is 2.02. The van der Waals surface area contributed by atoms with Gasteiger partial charge in [-0.1, -0.05) is 11.6 Å². The molecule has 7 heteroatoms. The van der Waals surface area contributed by atoms with Crippen LogP contribution >= 0.6 is 11.6 Å². The highest BCUT2D eigenvalue weighted by Gasteiger charge is 2.26. The molecule has 0 bridgehead atoms. The van der Waals surface area contributed by atoms with Gasteiger partial charge in [0, 0.05) is 37.7 Å². The Bertz CT molecular complexity index is 557. The van der Waals surface area contributed by atoms with Crippen LogP contribution in [0.2, 0.25) is 5.02 Å². The Morgan fingerprint density at radius 2 is 1.86 bits per heavy atom. The number of halogens is 1. The van der Waals surface area contributed by atoms with E-state index in [9.17, 15) is 9.59 Å². The van der Waals surface area contributed by atoms with Crippen molar-refractivity contribution in [3.8, 4) is 5.75 Å². The Labute approximate surface area is 135 Å². The summed E-state index contributed by atoms with van der Waals surface area (Å²) in [7, 11) is 1.51. The summed E-state index contributed by atoms with van der Waals surface area (Å²) < 4.78 is 5.22. The van der Waals surface area contributed by atoms with Crippen LogP contribution in [-0.4, -0.2) is 61.6 Å². The minimum atomic E-state index is -0.107. The van der Waals surface area contributed by atoms with E-state index < -0.39 is 0 Å². The van der Waals surface area contributed by atoms with Crippen LogP contribution in [0.4, 0.5) is 4.79 Å². The van der Waals surface area contributed by atoms with E-state index in [2.05, 4.69) is 5.32 Å². The molecular weight excluding hydrogens is 306 g/mol. The molecule has 1 aliphatic rings. The summed E-state index contributed by atoms with van der Waals surface area (Å²) >= 11 is 5.91. The number of urea groups is 1. The van der Waals surface area contributed by atoms with E-state index in [0.29, 0.717) is 49.1 Å². The quantitative estimate of drug-likeness (QED) is 0.922. The van der Waals surface area contributed by atoms with Crippen LogP contribution in [-0.2, 0) is 0 Å². The monoisotopic (exact) mass is 325 g/mol. The molecule has 0 atom stereocenters. The minimum Gasteiger partial charge on any atom is -0.496 e. The maximum Gasteiger partial charge on any atom is 0.317 e. The van der Waals surface area contributed by atoms with Crippen LogP contribution in [0.25, 0.3) is 0 Å². The second-order valence-corrected chi connectivity index (χ2v) is 5.40. The molecule has 0 unspecified atom stereocenters. The number of carbonyl (C=O) groups excluding carboxylic acids is 2. The Morgan fingerprint density at radius 3 is 2.45 bits per heavy atom. The van der Waals surface area contributed by atoms with Gasteiger partial charge in [-0.3, -0.25) is 4.79 Å². The summed E-state index contributed by atoms with van der Waals surface area (Å²) in [4.78, 5) is 27.8. The Hall–Kier alpha value is -1.95. The van der Waals surface area contributed by atoms with E-state index in [-0.39, 0.29) is 11.9 Å². The molecule has 1 aliphatic heterocycles. The number of hydrogen-bond donors (Lipinski definition) is 1. The predicted octanol–water partition coefficient (Wildman–Crippen LogP) is 1.84. The minimum absolute atomic E-state index is 0.0846. The number of amides is 3. The number of benzene rings is 1. The first-order valence-electron chi connectivity index (χ1n) is 7.22. The third-order valence-corrected chi connectivity index (χ3v) is 3.81. The van der Waals surface area contributed by atoms with Crippen molar-refractivity contribution in [3.63, 3.8) is 0 Å². The van der Waals surface area contributed by atoms with Gasteiger partial charge in [-0.2, -0.15) is 0 Å². The van der Waals surface area contributed by atoms with Gasteiger partial charge in [-0.15, -0.1) is 0 Å². The molecule has 1 aromatic carbocycles. The number of rotatable bonds is 3. The normalized spacial score (nSPS) is 14.7. The lowest BCUT2D eigenvalue weighted by Crippen LogP contribution is -2.53. The van der Waals surface area contributed by atoms with Crippen molar-refractivity contribution in [2.45, 2.75) is 6.92 Å². The second kappa shape index (κ2) is 7.35. The van der Waals surface area contributed by atoms with Crippen LogP contribution < -0.4 is 10.1 Å². The lowest BCUT2D eigenvalue weighted by molar-refractivity contribution is 0.0662. The molecule has 3 amide bonds. The lowest BCUT2D eigenvalue weighted by atomic mass is 10.1. The number of carbonyl (C=O) groups is 2. The van der Waals surface area contributed by atoms with Crippen LogP contribution in [0.15, 0.2) is 18.2 Å². The number of methoxy groups -OCH3 is 1. The third-order valence-electron chi connectivity index (χ3n) is 3.58. The zero-order valence-corrected chi connectivity index (χ0v) is 13.5. The van der Waals surface area contributed by atoms with Crippen LogP contribution in [0.1, 0.15) is 17.3 Å². The fraction of sp³-hybridized carbons (Fsp3) is 0.467. The van der Waals surface area contributed by atoms with Crippen molar-refractivity contribution in [1.29, 1.82) is 0 Å². The van der Waals surface area contributed by atoms with E-state index in [1.165, 1.54) is 7.11 Å². The molecule has 1 heterocycles. The zero-order valence-electron chi connectivity index (χ0n) is 12.8. The van der Waals surface area contributed by atoms with Crippen molar-refractivity contribution in [2.24, 2.45) is 0 Å². The highest BCUT2D eigenvalue weighted by molar-refractivity contribution is 6.30. The molecular formula is C15H20ClN3O3. The van der Waals surface area contributed by atoms with Gasteiger partial charge < -0.3 is 19.9 Å². The summed E-state index contributed by atoms with van der Waals surface area (Å²) in [6.45, 7) is 4.52. The molecule has 1 fully saturated rings. The summed E-state index contributed by atoms with van der Waals surface area (Å²) in [6, 6.07) is 4.88. The van der Waals surface area contributed by atoms with Crippen molar-refractivity contribution in [1.82, 2.24) is 15.1 Å². The highest BCUT2D eigenvalue weighted by Crippen LogP contribution is 2.24. The SMILES string of the molecule is CCNC(=O)N1CCN(C(=O)c2ccc(Cl)cc2OC)CC1. The predicted molar refractivity (Wildman–Crippen MR) is 84.6 cm³/mol. The van der Waals surface area contributed by atoms with Gasteiger partial charge in [-0.25, -0.2) is 4.79 Å². The number of piperazine rings is 1. The molecule has 22 heavy (non-hydrogen) atoms. The standard InChI is InChI=1S/C15H20ClN3O3/c1-3-17-15(21)19-8-6-18(7-9-19)14(20)12-5-4-11(16)10-13(12)22-2/h4-5,10H,3,6-9H2,1-2H3,(H,17,21). The summed E-state index contributed by atoms with van der Waals surface area (Å²) in [5, 5.41) is 3.29. The smallest absolute Gasteiger partial charge is 0.317 e. The number of nitrogens with one attached hydrogen (secondary N) is 1. The fourth-order valence-corrected chi connectivity index (χ4v) is 2.55. The fourth-order valence-electron chi connectivity index (χ4n) is 2.39. The third kappa shape index (κ3) is 3.62. The molecule has 6 nitrogen and oxygen atoms in total. The Kier molecular flexibility index (Phi) is 5.49.